The molecule has 2 aliphatic carbocycles. The van der Waals surface area contributed by atoms with E-state index in [1.165, 1.54) is 19.3 Å². The summed E-state index contributed by atoms with van der Waals surface area (Å²) in [5.74, 6) is 0. The van der Waals surface area contributed by atoms with Gasteiger partial charge in [0.1, 0.15) is 5.54 Å². The molecule has 1 aliphatic heterocycles. The van der Waals surface area contributed by atoms with Gasteiger partial charge in [-0.15, -0.1) is 0 Å². The van der Waals surface area contributed by atoms with E-state index >= 15 is 0 Å². The van der Waals surface area contributed by atoms with E-state index in [1.54, 1.807) is 0 Å². The molecule has 0 radical (unpaired) electrons. The maximum atomic E-state index is 9.58. The van der Waals surface area contributed by atoms with Gasteiger partial charge in [-0.05, 0) is 46.1 Å². The largest absolute Gasteiger partial charge is 0.304 e. The Bertz CT molecular complexity index is 373. The van der Waals surface area contributed by atoms with Crippen LogP contribution in [0.25, 0.3) is 0 Å². The van der Waals surface area contributed by atoms with E-state index in [2.05, 4.69) is 35.2 Å². The first-order chi connectivity index (χ1) is 9.12. The van der Waals surface area contributed by atoms with Crippen molar-refractivity contribution in [1.82, 2.24) is 15.1 Å². The predicted molar refractivity (Wildman–Crippen MR) is 75.8 cm³/mol. The summed E-state index contributed by atoms with van der Waals surface area (Å²) in [4.78, 5) is 5.06. The normalized spacial score (nSPS) is 41.3. The minimum atomic E-state index is -0.227. The molecule has 3 atom stereocenters. The highest BCUT2D eigenvalue weighted by atomic mass is 15.3. The van der Waals surface area contributed by atoms with E-state index < -0.39 is 0 Å². The molecule has 0 aromatic rings. The van der Waals surface area contributed by atoms with Gasteiger partial charge in [0.2, 0.25) is 0 Å². The number of nitrogens with zero attached hydrogens (tertiary/aromatic N) is 3. The average Bonchev–Trinajstić information content (AvgIpc) is 3.08. The fourth-order valence-corrected chi connectivity index (χ4v) is 3.88. The summed E-state index contributed by atoms with van der Waals surface area (Å²) in [5.41, 5.74) is -0.227. The highest BCUT2D eigenvalue weighted by Crippen LogP contribution is 2.37. The molecular weight excluding hydrogens is 236 g/mol. The summed E-state index contributed by atoms with van der Waals surface area (Å²) in [6.45, 7) is 5.81. The van der Waals surface area contributed by atoms with Crippen molar-refractivity contribution in [3.63, 3.8) is 0 Å². The molecule has 4 heteroatoms. The highest BCUT2D eigenvalue weighted by Gasteiger charge is 2.45. The van der Waals surface area contributed by atoms with Crippen LogP contribution in [0.5, 0.6) is 0 Å². The second-order valence-electron chi connectivity index (χ2n) is 6.86. The molecule has 0 amide bonds. The molecule has 3 fully saturated rings. The monoisotopic (exact) mass is 262 g/mol. The zero-order valence-corrected chi connectivity index (χ0v) is 12.2. The quantitative estimate of drug-likeness (QED) is 0.829. The van der Waals surface area contributed by atoms with Gasteiger partial charge in [0.05, 0.1) is 6.07 Å². The summed E-state index contributed by atoms with van der Waals surface area (Å²) in [6.07, 6.45) is 5.76. The van der Waals surface area contributed by atoms with E-state index in [1.807, 2.05) is 0 Å². The summed E-state index contributed by atoms with van der Waals surface area (Å²) in [7, 11) is 2.21. The smallest absolute Gasteiger partial charge is 0.108 e. The maximum Gasteiger partial charge on any atom is 0.108 e. The zero-order chi connectivity index (χ0) is 13.5. The molecule has 3 aliphatic rings. The molecule has 3 rings (SSSR count). The SMILES string of the molecule is CC1CN(C)CCN1C1CCC(C#N)(NC2CC2)C1. The maximum absolute atomic E-state index is 9.58. The summed E-state index contributed by atoms with van der Waals surface area (Å²) in [6, 6.07) is 4.45. The second-order valence-corrected chi connectivity index (χ2v) is 6.86. The lowest BCUT2D eigenvalue weighted by molar-refractivity contribution is 0.0613. The minimum Gasteiger partial charge on any atom is -0.304 e. The highest BCUT2D eigenvalue weighted by molar-refractivity contribution is 5.15. The molecule has 19 heavy (non-hydrogen) atoms. The molecule has 1 saturated heterocycles. The molecule has 4 nitrogen and oxygen atoms in total. The lowest BCUT2D eigenvalue weighted by Crippen LogP contribution is -2.54. The van der Waals surface area contributed by atoms with Gasteiger partial charge in [-0.2, -0.15) is 5.26 Å². The van der Waals surface area contributed by atoms with Crippen LogP contribution in [0.4, 0.5) is 0 Å². The first-order valence-electron chi connectivity index (χ1n) is 7.75. The summed E-state index contributed by atoms with van der Waals surface area (Å²) < 4.78 is 0. The van der Waals surface area contributed by atoms with Crippen molar-refractivity contribution in [3.8, 4) is 6.07 Å². The van der Waals surface area contributed by atoms with E-state index in [9.17, 15) is 5.26 Å². The molecule has 3 unspecified atom stereocenters. The fraction of sp³-hybridized carbons (Fsp3) is 0.933. The fourth-order valence-electron chi connectivity index (χ4n) is 3.88. The molecule has 106 valence electrons. The standard InChI is InChI=1S/C15H26N4/c1-12-10-18(2)7-8-19(12)14-5-6-15(9-14,11-16)17-13-3-4-13/h12-14,17H,3-10H2,1-2H3. The van der Waals surface area contributed by atoms with Crippen molar-refractivity contribution in [2.75, 3.05) is 26.7 Å². The molecule has 0 aromatic carbocycles. The average molecular weight is 262 g/mol. The van der Waals surface area contributed by atoms with Crippen LogP contribution in [-0.4, -0.2) is 60.1 Å². The Hall–Kier alpha value is -0.630. The molecule has 2 saturated carbocycles. The summed E-state index contributed by atoms with van der Waals surface area (Å²) in [5, 5.41) is 13.2. The van der Waals surface area contributed by atoms with Crippen LogP contribution in [0.3, 0.4) is 0 Å². The van der Waals surface area contributed by atoms with E-state index in [0.29, 0.717) is 18.1 Å². The van der Waals surface area contributed by atoms with Crippen LogP contribution in [-0.2, 0) is 0 Å². The number of hydrogen-bond donors (Lipinski definition) is 1. The van der Waals surface area contributed by atoms with Gasteiger partial charge < -0.3 is 4.90 Å². The van der Waals surface area contributed by atoms with E-state index in [4.69, 9.17) is 0 Å². The van der Waals surface area contributed by atoms with Crippen LogP contribution in [0.15, 0.2) is 0 Å². The lowest BCUT2D eigenvalue weighted by Gasteiger charge is -2.42. The molecular formula is C15H26N4. The van der Waals surface area contributed by atoms with Crippen molar-refractivity contribution in [3.05, 3.63) is 0 Å². The van der Waals surface area contributed by atoms with Crippen LogP contribution >= 0.6 is 0 Å². The Morgan fingerprint density at radius 3 is 2.68 bits per heavy atom. The van der Waals surface area contributed by atoms with Gasteiger partial charge in [-0.3, -0.25) is 10.2 Å². The van der Waals surface area contributed by atoms with E-state index in [0.717, 1.165) is 32.5 Å². The van der Waals surface area contributed by atoms with Gasteiger partial charge in [-0.1, -0.05) is 0 Å². The number of hydrogen-bond acceptors (Lipinski definition) is 4. The summed E-state index contributed by atoms with van der Waals surface area (Å²) >= 11 is 0. The Balaban J connectivity index is 1.62. The van der Waals surface area contributed by atoms with Crippen LogP contribution in [0.1, 0.15) is 39.0 Å². The number of likely N-dealkylation sites (N-methyl/N-ethyl adjacent to an activating group) is 1. The Morgan fingerprint density at radius 1 is 1.26 bits per heavy atom. The minimum absolute atomic E-state index is 0.227. The molecule has 0 bridgehead atoms. The van der Waals surface area contributed by atoms with Crippen molar-refractivity contribution in [2.45, 2.75) is 62.7 Å². The third kappa shape index (κ3) is 2.79. The van der Waals surface area contributed by atoms with Gasteiger partial charge >= 0.3 is 0 Å². The van der Waals surface area contributed by atoms with Crippen molar-refractivity contribution in [1.29, 1.82) is 5.26 Å². The number of nitriles is 1. The second kappa shape index (κ2) is 5.05. The molecule has 1 N–H and O–H groups in total. The predicted octanol–water partition coefficient (Wildman–Crippen LogP) is 1.19. The van der Waals surface area contributed by atoms with Crippen LogP contribution in [0, 0.1) is 11.3 Å². The number of piperazine rings is 1. The first kappa shape index (κ1) is 13.4. The van der Waals surface area contributed by atoms with Crippen molar-refractivity contribution in [2.24, 2.45) is 0 Å². The van der Waals surface area contributed by atoms with Crippen molar-refractivity contribution >= 4 is 0 Å². The van der Waals surface area contributed by atoms with Crippen LogP contribution < -0.4 is 5.32 Å². The van der Waals surface area contributed by atoms with Crippen molar-refractivity contribution < 1.29 is 0 Å². The van der Waals surface area contributed by atoms with E-state index in [-0.39, 0.29) is 5.54 Å². The van der Waals surface area contributed by atoms with Gasteiger partial charge in [0, 0.05) is 37.8 Å². The lowest BCUT2D eigenvalue weighted by atomic mass is 9.98. The molecule has 0 aromatic heterocycles. The van der Waals surface area contributed by atoms with Gasteiger partial charge in [0.15, 0.2) is 0 Å². The Kier molecular flexibility index (Phi) is 3.55. The molecule has 0 spiro atoms. The first-order valence-corrected chi connectivity index (χ1v) is 7.75. The molecule has 1 heterocycles. The Morgan fingerprint density at radius 2 is 2.05 bits per heavy atom. The third-order valence-corrected chi connectivity index (χ3v) is 5.11. The number of nitrogens with one attached hydrogen (secondary N) is 1. The topological polar surface area (TPSA) is 42.3 Å². The number of rotatable bonds is 3. The zero-order valence-electron chi connectivity index (χ0n) is 12.2. The third-order valence-electron chi connectivity index (χ3n) is 5.11. The Labute approximate surface area is 116 Å². The van der Waals surface area contributed by atoms with Crippen LogP contribution in [0.2, 0.25) is 0 Å². The van der Waals surface area contributed by atoms with Gasteiger partial charge in [-0.25, -0.2) is 0 Å². The van der Waals surface area contributed by atoms with Gasteiger partial charge in [0.25, 0.3) is 0 Å².